The molecule has 1 N–H and O–H groups in total. The van der Waals surface area contributed by atoms with Crippen molar-refractivity contribution in [2.24, 2.45) is 0 Å². The Hall–Kier alpha value is -2.00. The van der Waals surface area contributed by atoms with E-state index < -0.39 is 0 Å². The highest BCUT2D eigenvalue weighted by Gasteiger charge is 2.38. The molecular weight excluding hydrogens is 274 g/mol. The Morgan fingerprint density at radius 2 is 1.82 bits per heavy atom. The van der Waals surface area contributed by atoms with E-state index in [9.17, 15) is 5.11 Å². The maximum atomic E-state index is 9.67. The summed E-state index contributed by atoms with van der Waals surface area (Å²) < 4.78 is 6.31. The summed E-state index contributed by atoms with van der Waals surface area (Å²) in [5.74, 6) is 0.993. The van der Waals surface area contributed by atoms with Crippen LogP contribution in [0.2, 0.25) is 0 Å². The Morgan fingerprint density at radius 1 is 1.00 bits per heavy atom. The van der Waals surface area contributed by atoms with Crippen LogP contribution in [0.3, 0.4) is 0 Å². The number of rotatable bonds is 3. The number of nitrogens with zero attached hydrogens (tertiary/aromatic N) is 1. The molecule has 1 heterocycles. The number of hydrogen-bond acceptors (Lipinski definition) is 3. The quantitative estimate of drug-likeness (QED) is 0.940. The first-order chi connectivity index (χ1) is 10.8. The number of benzene rings is 2. The second kappa shape index (κ2) is 5.65. The van der Waals surface area contributed by atoms with Gasteiger partial charge in [0.1, 0.15) is 17.6 Å². The third kappa shape index (κ3) is 2.46. The molecule has 3 heteroatoms. The Kier molecular flexibility index (Phi) is 3.51. The molecule has 4 rings (SSSR count). The van der Waals surface area contributed by atoms with Gasteiger partial charge < -0.3 is 9.84 Å². The lowest BCUT2D eigenvalue weighted by Gasteiger charge is -2.30. The lowest BCUT2D eigenvalue weighted by molar-refractivity contribution is 0.0939. The van der Waals surface area contributed by atoms with E-state index in [1.165, 1.54) is 37.1 Å². The fourth-order valence-corrected chi connectivity index (χ4v) is 3.78. The zero-order valence-corrected chi connectivity index (χ0v) is 12.6. The van der Waals surface area contributed by atoms with E-state index in [-0.39, 0.29) is 11.9 Å². The molecular formula is C19H21NO2. The second-order valence-corrected chi connectivity index (χ2v) is 6.25. The van der Waals surface area contributed by atoms with E-state index in [1.807, 2.05) is 12.1 Å². The van der Waals surface area contributed by atoms with Crippen molar-refractivity contribution < 1.29 is 9.84 Å². The molecule has 2 aromatic carbocycles. The predicted octanol–water partition coefficient (Wildman–Crippen LogP) is 3.53. The average Bonchev–Trinajstić information content (AvgIpc) is 3.15. The topological polar surface area (TPSA) is 32.7 Å². The summed E-state index contributed by atoms with van der Waals surface area (Å²) in [4.78, 5) is 2.56. The van der Waals surface area contributed by atoms with Gasteiger partial charge in [-0.2, -0.15) is 0 Å². The van der Waals surface area contributed by atoms with Gasteiger partial charge >= 0.3 is 0 Å². The molecule has 0 radical (unpaired) electrons. The summed E-state index contributed by atoms with van der Waals surface area (Å²) in [6, 6.07) is 16.1. The highest BCUT2D eigenvalue weighted by Crippen LogP contribution is 2.39. The highest BCUT2D eigenvalue weighted by molar-refractivity contribution is 5.39. The van der Waals surface area contributed by atoms with Crippen molar-refractivity contribution in [1.82, 2.24) is 4.90 Å². The molecule has 1 saturated heterocycles. The normalized spacial score (nSPS) is 24.4. The second-order valence-electron chi connectivity index (χ2n) is 6.25. The van der Waals surface area contributed by atoms with E-state index in [0.717, 1.165) is 12.2 Å². The van der Waals surface area contributed by atoms with Crippen LogP contribution < -0.4 is 4.74 Å². The van der Waals surface area contributed by atoms with Crippen molar-refractivity contribution in [3.05, 3.63) is 59.7 Å². The van der Waals surface area contributed by atoms with Gasteiger partial charge in [-0.3, -0.25) is 4.90 Å². The standard InChI is InChI=1S/C19H21NO2/c21-15-7-5-8-16(13-15)22-19-17-9-2-1-6-14(17)12-18(19)20-10-3-4-11-20/h1-2,5-9,13,18-19,21H,3-4,10-12H2. The number of ether oxygens (including phenoxy) is 1. The smallest absolute Gasteiger partial charge is 0.140 e. The molecule has 0 spiro atoms. The van der Waals surface area contributed by atoms with Crippen molar-refractivity contribution >= 4 is 0 Å². The summed E-state index contributed by atoms with van der Waals surface area (Å²) in [5.41, 5.74) is 2.69. The molecule has 3 nitrogen and oxygen atoms in total. The molecule has 0 bridgehead atoms. The Balaban J connectivity index is 1.65. The summed E-state index contributed by atoms with van der Waals surface area (Å²) >= 11 is 0. The van der Waals surface area contributed by atoms with Crippen LogP contribution in [0.25, 0.3) is 0 Å². The van der Waals surface area contributed by atoms with Gasteiger partial charge in [0.15, 0.2) is 0 Å². The SMILES string of the molecule is Oc1cccc(OC2c3ccccc3CC2N2CCCC2)c1. The van der Waals surface area contributed by atoms with Crippen molar-refractivity contribution in [3.8, 4) is 11.5 Å². The number of phenols is 1. The molecule has 0 saturated carbocycles. The van der Waals surface area contributed by atoms with Crippen LogP contribution >= 0.6 is 0 Å². The van der Waals surface area contributed by atoms with Crippen LogP contribution in [0.4, 0.5) is 0 Å². The molecule has 2 aliphatic rings. The summed E-state index contributed by atoms with van der Waals surface area (Å²) in [7, 11) is 0. The monoisotopic (exact) mass is 295 g/mol. The number of aromatic hydroxyl groups is 1. The summed E-state index contributed by atoms with van der Waals surface area (Å²) in [6.07, 6.45) is 3.67. The van der Waals surface area contributed by atoms with Gasteiger partial charge in [0.05, 0.1) is 6.04 Å². The average molecular weight is 295 g/mol. The van der Waals surface area contributed by atoms with Gasteiger partial charge in [0, 0.05) is 6.07 Å². The zero-order chi connectivity index (χ0) is 14.9. The molecule has 1 aliphatic heterocycles. The van der Waals surface area contributed by atoms with E-state index in [0.29, 0.717) is 6.04 Å². The Bertz CT molecular complexity index is 664. The maximum absolute atomic E-state index is 9.67. The summed E-state index contributed by atoms with van der Waals surface area (Å²) in [5, 5.41) is 9.67. The third-order valence-corrected chi connectivity index (χ3v) is 4.83. The third-order valence-electron chi connectivity index (χ3n) is 4.83. The van der Waals surface area contributed by atoms with Crippen molar-refractivity contribution in [3.63, 3.8) is 0 Å². The molecule has 2 unspecified atom stereocenters. The Labute approximate surface area is 131 Å². The van der Waals surface area contributed by atoms with Crippen molar-refractivity contribution in [2.75, 3.05) is 13.1 Å². The van der Waals surface area contributed by atoms with E-state index in [4.69, 9.17) is 4.74 Å². The molecule has 1 aliphatic carbocycles. The predicted molar refractivity (Wildman–Crippen MR) is 86.2 cm³/mol. The molecule has 2 atom stereocenters. The lowest BCUT2D eigenvalue weighted by Crippen LogP contribution is -2.37. The molecule has 0 aromatic heterocycles. The molecule has 0 amide bonds. The van der Waals surface area contributed by atoms with Crippen LogP contribution in [-0.2, 0) is 6.42 Å². The number of phenolic OH excluding ortho intramolecular Hbond substituents is 1. The molecule has 22 heavy (non-hydrogen) atoms. The van der Waals surface area contributed by atoms with Crippen LogP contribution in [0.15, 0.2) is 48.5 Å². The van der Waals surface area contributed by atoms with Crippen LogP contribution in [0.1, 0.15) is 30.1 Å². The number of likely N-dealkylation sites (tertiary alicyclic amines) is 1. The fraction of sp³-hybridized carbons (Fsp3) is 0.368. The van der Waals surface area contributed by atoms with Crippen molar-refractivity contribution in [2.45, 2.75) is 31.4 Å². The van der Waals surface area contributed by atoms with Gasteiger partial charge in [0.25, 0.3) is 0 Å². The van der Waals surface area contributed by atoms with E-state index in [1.54, 1.807) is 12.1 Å². The van der Waals surface area contributed by atoms with Crippen LogP contribution in [0.5, 0.6) is 11.5 Å². The van der Waals surface area contributed by atoms with Crippen LogP contribution in [0, 0.1) is 0 Å². The van der Waals surface area contributed by atoms with Gasteiger partial charge in [-0.05, 0) is 55.6 Å². The fourth-order valence-electron chi connectivity index (χ4n) is 3.78. The van der Waals surface area contributed by atoms with Crippen LogP contribution in [-0.4, -0.2) is 29.1 Å². The maximum Gasteiger partial charge on any atom is 0.140 e. The minimum absolute atomic E-state index is 0.0519. The molecule has 2 aromatic rings. The first-order valence-corrected chi connectivity index (χ1v) is 8.09. The summed E-state index contributed by atoms with van der Waals surface area (Å²) in [6.45, 7) is 2.33. The lowest BCUT2D eigenvalue weighted by atomic mass is 10.1. The first kappa shape index (κ1) is 13.6. The largest absolute Gasteiger partial charge is 0.508 e. The Morgan fingerprint density at radius 3 is 2.64 bits per heavy atom. The minimum Gasteiger partial charge on any atom is -0.508 e. The first-order valence-electron chi connectivity index (χ1n) is 8.09. The minimum atomic E-state index is 0.0519. The van der Waals surface area contributed by atoms with Gasteiger partial charge in [-0.15, -0.1) is 0 Å². The molecule has 1 fully saturated rings. The van der Waals surface area contributed by atoms with E-state index >= 15 is 0 Å². The molecule has 114 valence electrons. The van der Waals surface area contributed by atoms with Crippen molar-refractivity contribution in [1.29, 1.82) is 0 Å². The number of hydrogen-bond donors (Lipinski definition) is 1. The van der Waals surface area contributed by atoms with Gasteiger partial charge in [-0.1, -0.05) is 30.3 Å². The van der Waals surface area contributed by atoms with E-state index in [2.05, 4.69) is 29.2 Å². The van der Waals surface area contributed by atoms with Gasteiger partial charge in [0.2, 0.25) is 0 Å². The zero-order valence-electron chi connectivity index (χ0n) is 12.6. The highest BCUT2D eigenvalue weighted by atomic mass is 16.5. The van der Waals surface area contributed by atoms with Gasteiger partial charge in [-0.25, -0.2) is 0 Å². The number of fused-ring (bicyclic) bond motifs is 1.